The number of sulfonamides is 1. The number of nitrogens with zero attached hydrogens (tertiary/aromatic N) is 2. The second kappa shape index (κ2) is 4.40. The Hall–Kier alpha value is -0.920. The van der Waals surface area contributed by atoms with Crippen LogP contribution >= 0.6 is 0 Å². The van der Waals surface area contributed by atoms with E-state index in [1.165, 1.54) is 10.6 Å². The smallest absolute Gasteiger partial charge is 0.220 e. The maximum Gasteiger partial charge on any atom is 0.220 e. The molecule has 2 heterocycles. The Labute approximate surface area is 101 Å². The molecule has 1 aromatic rings. The van der Waals surface area contributed by atoms with E-state index in [4.69, 9.17) is 4.74 Å². The fourth-order valence-electron chi connectivity index (χ4n) is 1.94. The van der Waals surface area contributed by atoms with Gasteiger partial charge in [0.1, 0.15) is 12.0 Å². The van der Waals surface area contributed by atoms with Gasteiger partial charge >= 0.3 is 0 Å². The zero-order chi connectivity index (χ0) is 12.5. The highest BCUT2D eigenvalue weighted by Gasteiger charge is 2.39. The second-order valence-electron chi connectivity index (χ2n) is 4.68. The van der Waals surface area contributed by atoms with E-state index < -0.39 is 15.6 Å². The summed E-state index contributed by atoms with van der Waals surface area (Å²) in [7, 11) is -3.38. The van der Waals surface area contributed by atoms with E-state index in [0.717, 1.165) is 0 Å². The van der Waals surface area contributed by atoms with Crippen LogP contribution in [-0.2, 0) is 20.5 Å². The number of hydrogen-bond acceptors (Lipinski definition) is 5. The van der Waals surface area contributed by atoms with Crippen LogP contribution in [0.3, 0.4) is 0 Å². The van der Waals surface area contributed by atoms with Crippen molar-refractivity contribution >= 4 is 10.0 Å². The summed E-state index contributed by atoms with van der Waals surface area (Å²) in [5, 5.41) is 3.63. The number of morpholine rings is 1. The van der Waals surface area contributed by atoms with Gasteiger partial charge in [-0.1, -0.05) is 5.16 Å². The molecule has 1 aromatic heterocycles. The summed E-state index contributed by atoms with van der Waals surface area (Å²) < 4.78 is 35.9. The molecule has 0 spiro atoms. The van der Waals surface area contributed by atoms with Crippen molar-refractivity contribution in [2.75, 3.05) is 19.8 Å². The van der Waals surface area contributed by atoms with Crippen molar-refractivity contribution in [2.24, 2.45) is 0 Å². The van der Waals surface area contributed by atoms with E-state index >= 15 is 0 Å². The summed E-state index contributed by atoms with van der Waals surface area (Å²) >= 11 is 0. The zero-order valence-electron chi connectivity index (χ0n) is 9.92. The lowest BCUT2D eigenvalue weighted by Gasteiger charge is -2.40. The average Bonchev–Trinajstić information content (AvgIpc) is 2.68. The lowest BCUT2D eigenvalue weighted by Crippen LogP contribution is -2.55. The van der Waals surface area contributed by atoms with Gasteiger partial charge in [0.15, 0.2) is 0 Å². The van der Waals surface area contributed by atoms with Gasteiger partial charge in [-0.15, -0.1) is 0 Å². The Bertz CT molecular complexity index is 467. The Morgan fingerprint density at radius 2 is 2.29 bits per heavy atom. The van der Waals surface area contributed by atoms with E-state index in [1.807, 2.05) is 13.8 Å². The molecule has 0 radical (unpaired) electrons. The quantitative estimate of drug-likeness (QED) is 0.796. The minimum absolute atomic E-state index is 0.132. The Morgan fingerprint density at radius 1 is 1.53 bits per heavy atom. The maximum atomic E-state index is 12.3. The predicted octanol–water partition coefficient (Wildman–Crippen LogP) is 0.615. The Balaban J connectivity index is 2.19. The molecule has 17 heavy (non-hydrogen) atoms. The van der Waals surface area contributed by atoms with E-state index in [1.54, 1.807) is 6.07 Å². The molecule has 1 saturated heterocycles. The largest absolute Gasteiger partial charge is 0.378 e. The number of rotatable bonds is 3. The molecule has 7 heteroatoms. The Kier molecular flexibility index (Phi) is 3.24. The van der Waals surface area contributed by atoms with Crippen LogP contribution in [0.15, 0.2) is 16.9 Å². The van der Waals surface area contributed by atoms with Gasteiger partial charge in [-0.2, -0.15) is 4.31 Å². The number of ether oxygens (including phenoxy) is 1. The molecule has 0 bridgehead atoms. The van der Waals surface area contributed by atoms with E-state index in [0.29, 0.717) is 25.5 Å². The minimum atomic E-state index is -3.38. The highest BCUT2D eigenvalue weighted by Crippen LogP contribution is 2.24. The third-order valence-electron chi connectivity index (χ3n) is 2.73. The standard InChI is InChI=1S/C10H16N2O4S/c1-10(2)8-15-6-4-12(10)17(13,14)7-9-3-5-16-11-9/h3,5H,4,6-8H2,1-2H3. The SMILES string of the molecule is CC1(C)COCCN1S(=O)(=O)Cc1ccon1. The highest BCUT2D eigenvalue weighted by molar-refractivity contribution is 7.88. The van der Waals surface area contributed by atoms with E-state index in [-0.39, 0.29) is 5.75 Å². The topological polar surface area (TPSA) is 72.6 Å². The Morgan fingerprint density at radius 3 is 2.88 bits per heavy atom. The summed E-state index contributed by atoms with van der Waals surface area (Å²) in [4.78, 5) is 0. The van der Waals surface area contributed by atoms with Crippen molar-refractivity contribution in [1.29, 1.82) is 0 Å². The number of aromatic nitrogens is 1. The third kappa shape index (κ3) is 2.67. The van der Waals surface area contributed by atoms with Gasteiger partial charge in [-0.25, -0.2) is 8.42 Å². The molecule has 1 aliphatic heterocycles. The zero-order valence-corrected chi connectivity index (χ0v) is 10.7. The summed E-state index contributed by atoms with van der Waals surface area (Å²) in [5.74, 6) is -0.132. The molecule has 6 nitrogen and oxygen atoms in total. The van der Waals surface area contributed by atoms with Gasteiger partial charge in [-0.05, 0) is 13.8 Å². The van der Waals surface area contributed by atoms with Crippen LogP contribution in [0.4, 0.5) is 0 Å². The molecule has 0 saturated carbocycles. The second-order valence-corrected chi connectivity index (χ2v) is 6.58. The van der Waals surface area contributed by atoms with Crippen LogP contribution in [-0.4, -0.2) is 43.2 Å². The highest BCUT2D eigenvalue weighted by atomic mass is 32.2. The lowest BCUT2D eigenvalue weighted by atomic mass is 10.1. The van der Waals surface area contributed by atoms with Crippen molar-refractivity contribution in [3.63, 3.8) is 0 Å². The molecule has 0 aromatic carbocycles. The van der Waals surface area contributed by atoms with Gasteiger partial charge in [0.25, 0.3) is 0 Å². The molecule has 1 aliphatic rings. The van der Waals surface area contributed by atoms with E-state index in [9.17, 15) is 8.42 Å². The van der Waals surface area contributed by atoms with Crippen LogP contribution in [0.1, 0.15) is 19.5 Å². The van der Waals surface area contributed by atoms with Crippen LogP contribution in [0.5, 0.6) is 0 Å². The van der Waals surface area contributed by atoms with Gasteiger partial charge in [0, 0.05) is 12.6 Å². The van der Waals surface area contributed by atoms with Crippen molar-refractivity contribution in [3.8, 4) is 0 Å². The summed E-state index contributed by atoms with van der Waals surface area (Å²) in [6.07, 6.45) is 1.37. The lowest BCUT2D eigenvalue weighted by molar-refractivity contribution is -0.00780. The van der Waals surface area contributed by atoms with Crippen LogP contribution < -0.4 is 0 Å². The van der Waals surface area contributed by atoms with Crippen molar-refractivity contribution in [3.05, 3.63) is 18.0 Å². The van der Waals surface area contributed by atoms with Gasteiger partial charge in [0.2, 0.25) is 10.0 Å². The molecular formula is C10H16N2O4S. The van der Waals surface area contributed by atoms with Gasteiger partial charge in [0.05, 0.1) is 24.4 Å². The van der Waals surface area contributed by atoms with Crippen molar-refractivity contribution < 1.29 is 17.7 Å². The molecule has 1 fully saturated rings. The van der Waals surface area contributed by atoms with Gasteiger partial charge in [-0.3, -0.25) is 0 Å². The first-order chi connectivity index (χ1) is 7.92. The van der Waals surface area contributed by atoms with Crippen molar-refractivity contribution in [1.82, 2.24) is 9.46 Å². The van der Waals surface area contributed by atoms with Gasteiger partial charge < -0.3 is 9.26 Å². The first kappa shape index (κ1) is 12.5. The molecule has 96 valence electrons. The third-order valence-corrected chi connectivity index (χ3v) is 4.74. The summed E-state index contributed by atoms with van der Waals surface area (Å²) in [5.41, 5.74) is -0.0897. The minimum Gasteiger partial charge on any atom is -0.378 e. The fourth-order valence-corrected chi connectivity index (χ4v) is 3.77. The fraction of sp³-hybridized carbons (Fsp3) is 0.700. The average molecular weight is 260 g/mol. The monoisotopic (exact) mass is 260 g/mol. The molecule has 2 rings (SSSR count). The first-order valence-corrected chi connectivity index (χ1v) is 7.00. The summed E-state index contributed by atoms with van der Waals surface area (Å²) in [6.45, 7) is 4.93. The normalized spacial score (nSPS) is 21.5. The predicted molar refractivity (Wildman–Crippen MR) is 60.7 cm³/mol. The van der Waals surface area contributed by atoms with Crippen molar-refractivity contribution in [2.45, 2.75) is 25.1 Å². The number of hydrogen-bond donors (Lipinski definition) is 0. The molecule has 0 atom stereocenters. The molecule has 0 unspecified atom stereocenters. The molecule has 0 amide bonds. The van der Waals surface area contributed by atoms with Crippen LogP contribution in [0, 0.1) is 0 Å². The molecule has 0 aliphatic carbocycles. The van der Waals surface area contributed by atoms with Crippen LogP contribution in [0.25, 0.3) is 0 Å². The maximum absolute atomic E-state index is 12.3. The first-order valence-electron chi connectivity index (χ1n) is 5.39. The van der Waals surface area contributed by atoms with E-state index in [2.05, 4.69) is 9.68 Å². The summed E-state index contributed by atoms with van der Waals surface area (Å²) in [6, 6.07) is 1.56. The molecule has 0 N–H and O–H groups in total. The molecular weight excluding hydrogens is 244 g/mol. The van der Waals surface area contributed by atoms with Crippen LogP contribution in [0.2, 0.25) is 0 Å².